The number of carbonyl (C=O) groups is 1. The maximum atomic E-state index is 11.4. The van der Waals surface area contributed by atoms with Crippen molar-refractivity contribution in [1.82, 2.24) is 9.97 Å². The summed E-state index contributed by atoms with van der Waals surface area (Å²) in [4.78, 5) is 21.4. The Labute approximate surface area is 112 Å². The lowest BCUT2D eigenvalue weighted by molar-refractivity contribution is -0.138. The van der Waals surface area contributed by atoms with E-state index < -0.39 is 12.0 Å². The molecule has 104 valence electrons. The monoisotopic (exact) mass is 265 g/mol. The van der Waals surface area contributed by atoms with Crippen LogP contribution in [0.3, 0.4) is 0 Å². The van der Waals surface area contributed by atoms with Crippen molar-refractivity contribution in [3.8, 4) is 5.88 Å². The predicted molar refractivity (Wildman–Crippen MR) is 70.4 cm³/mol. The highest BCUT2D eigenvalue weighted by Gasteiger charge is 2.28. The second-order valence-electron chi connectivity index (χ2n) is 4.54. The molecule has 1 aliphatic rings. The van der Waals surface area contributed by atoms with Crippen molar-refractivity contribution in [3.63, 3.8) is 0 Å². The van der Waals surface area contributed by atoms with Gasteiger partial charge in [-0.1, -0.05) is 12.8 Å². The number of carboxylic acid groups (broad SMARTS) is 1. The lowest BCUT2D eigenvalue weighted by Gasteiger charge is -2.27. The molecule has 6 nitrogen and oxygen atoms in total. The maximum Gasteiger partial charge on any atom is 0.326 e. The topological polar surface area (TPSA) is 75.5 Å². The number of nitrogens with zero attached hydrogens (tertiary/aromatic N) is 3. The molecule has 19 heavy (non-hydrogen) atoms. The van der Waals surface area contributed by atoms with Crippen molar-refractivity contribution in [2.24, 2.45) is 0 Å². The minimum absolute atomic E-state index is 0.487. The van der Waals surface area contributed by atoms with Gasteiger partial charge in [0.2, 0.25) is 5.88 Å². The molecule has 1 aromatic heterocycles. The van der Waals surface area contributed by atoms with E-state index in [9.17, 15) is 9.90 Å². The Morgan fingerprint density at radius 3 is 3.05 bits per heavy atom. The van der Waals surface area contributed by atoms with Crippen LogP contribution >= 0.6 is 0 Å². The van der Waals surface area contributed by atoms with Gasteiger partial charge in [0.05, 0.1) is 6.61 Å². The van der Waals surface area contributed by atoms with Crippen molar-refractivity contribution in [2.75, 3.05) is 18.1 Å². The Bertz CT molecular complexity index is 439. The van der Waals surface area contributed by atoms with Gasteiger partial charge in [-0.2, -0.15) is 0 Å². The van der Waals surface area contributed by atoms with Crippen LogP contribution in [0, 0.1) is 0 Å². The van der Waals surface area contributed by atoms with E-state index in [1.54, 1.807) is 6.07 Å². The summed E-state index contributed by atoms with van der Waals surface area (Å²) in [6.45, 7) is 3.12. The number of hydrogen-bond acceptors (Lipinski definition) is 5. The Kier molecular flexibility index (Phi) is 4.54. The molecule has 0 bridgehead atoms. The molecular formula is C13H19N3O3. The number of aromatic nitrogens is 2. The zero-order chi connectivity index (χ0) is 13.7. The average molecular weight is 265 g/mol. The van der Waals surface area contributed by atoms with E-state index in [1.807, 2.05) is 11.8 Å². The Hall–Kier alpha value is -1.85. The summed E-state index contributed by atoms with van der Waals surface area (Å²) < 4.78 is 5.34. The zero-order valence-corrected chi connectivity index (χ0v) is 11.1. The van der Waals surface area contributed by atoms with Gasteiger partial charge in [0.1, 0.15) is 18.2 Å². The van der Waals surface area contributed by atoms with Gasteiger partial charge in [0.15, 0.2) is 0 Å². The minimum Gasteiger partial charge on any atom is -0.480 e. The first kappa shape index (κ1) is 13.6. The number of carboxylic acids is 1. The summed E-state index contributed by atoms with van der Waals surface area (Å²) in [5, 5.41) is 9.35. The van der Waals surface area contributed by atoms with Crippen LogP contribution in [0.4, 0.5) is 5.82 Å². The maximum absolute atomic E-state index is 11.4. The van der Waals surface area contributed by atoms with Gasteiger partial charge in [-0.25, -0.2) is 14.8 Å². The molecule has 0 radical (unpaired) electrons. The normalized spacial score (nSPS) is 19.8. The van der Waals surface area contributed by atoms with Crippen molar-refractivity contribution < 1.29 is 14.6 Å². The smallest absolute Gasteiger partial charge is 0.326 e. The molecule has 1 fully saturated rings. The second-order valence-corrected chi connectivity index (χ2v) is 4.54. The van der Waals surface area contributed by atoms with E-state index in [-0.39, 0.29) is 0 Å². The summed E-state index contributed by atoms with van der Waals surface area (Å²) >= 11 is 0. The van der Waals surface area contributed by atoms with Crippen LogP contribution in [0.15, 0.2) is 12.4 Å². The van der Waals surface area contributed by atoms with Crippen LogP contribution in [0.25, 0.3) is 0 Å². The number of anilines is 1. The third kappa shape index (κ3) is 3.33. The summed E-state index contributed by atoms with van der Waals surface area (Å²) in [5.41, 5.74) is 0. The number of hydrogen-bond donors (Lipinski definition) is 1. The van der Waals surface area contributed by atoms with E-state index in [1.165, 1.54) is 6.33 Å². The summed E-state index contributed by atoms with van der Waals surface area (Å²) in [7, 11) is 0. The van der Waals surface area contributed by atoms with Crippen LogP contribution < -0.4 is 9.64 Å². The molecule has 0 amide bonds. The highest BCUT2D eigenvalue weighted by Crippen LogP contribution is 2.24. The van der Waals surface area contributed by atoms with Crippen LogP contribution in [-0.2, 0) is 4.79 Å². The average Bonchev–Trinajstić information content (AvgIpc) is 2.65. The molecule has 1 aliphatic heterocycles. The van der Waals surface area contributed by atoms with Gasteiger partial charge >= 0.3 is 5.97 Å². The standard InChI is InChI=1S/C13H19N3O3/c1-2-19-12-8-11(14-9-15-12)16-7-5-3-4-6-10(16)13(17)18/h8-10H,2-7H2,1H3,(H,17,18). The first-order valence-corrected chi connectivity index (χ1v) is 6.66. The van der Waals surface area contributed by atoms with Gasteiger partial charge in [0, 0.05) is 12.6 Å². The van der Waals surface area contributed by atoms with E-state index in [4.69, 9.17) is 4.74 Å². The van der Waals surface area contributed by atoms with Gasteiger partial charge in [-0.15, -0.1) is 0 Å². The van der Waals surface area contributed by atoms with Crippen molar-refractivity contribution in [3.05, 3.63) is 12.4 Å². The zero-order valence-electron chi connectivity index (χ0n) is 11.1. The van der Waals surface area contributed by atoms with Gasteiger partial charge in [-0.3, -0.25) is 0 Å². The Morgan fingerprint density at radius 2 is 2.32 bits per heavy atom. The summed E-state index contributed by atoms with van der Waals surface area (Å²) in [6, 6.07) is 1.21. The van der Waals surface area contributed by atoms with Crippen LogP contribution in [-0.4, -0.2) is 40.2 Å². The van der Waals surface area contributed by atoms with E-state index in [0.29, 0.717) is 31.3 Å². The van der Waals surface area contributed by atoms with E-state index in [2.05, 4.69) is 9.97 Å². The molecule has 2 rings (SSSR count). The quantitative estimate of drug-likeness (QED) is 0.893. The molecule has 0 saturated carbocycles. The van der Waals surface area contributed by atoms with Crippen LogP contribution in [0.1, 0.15) is 32.6 Å². The van der Waals surface area contributed by atoms with Crippen molar-refractivity contribution in [2.45, 2.75) is 38.6 Å². The van der Waals surface area contributed by atoms with Crippen molar-refractivity contribution >= 4 is 11.8 Å². The SMILES string of the molecule is CCOc1cc(N2CCCCCC2C(=O)O)ncn1. The Balaban J connectivity index is 2.25. The van der Waals surface area contributed by atoms with Crippen LogP contribution in [0.5, 0.6) is 5.88 Å². The minimum atomic E-state index is -0.793. The molecule has 1 atom stereocenters. The molecule has 1 unspecified atom stereocenters. The molecule has 1 aromatic rings. The van der Waals surface area contributed by atoms with Crippen LogP contribution in [0.2, 0.25) is 0 Å². The second kappa shape index (κ2) is 6.36. The van der Waals surface area contributed by atoms with Gasteiger partial charge in [-0.05, 0) is 19.8 Å². The van der Waals surface area contributed by atoms with Gasteiger partial charge in [0.25, 0.3) is 0 Å². The fourth-order valence-electron chi connectivity index (χ4n) is 2.35. The fraction of sp³-hybridized carbons (Fsp3) is 0.615. The largest absolute Gasteiger partial charge is 0.480 e. The third-order valence-corrected chi connectivity index (χ3v) is 3.25. The first-order chi connectivity index (χ1) is 9.22. The first-order valence-electron chi connectivity index (χ1n) is 6.66. The molecular weight excluding hydrogens is 246 g/mol. The molecule has 6 heteroatoms. The van der Waals surface area contributed by atoms with E-state index >= 15 is 0 Å². The third-order valence-electron chi connectivity index (χ3n) is 3.25. The van der Waals surface area contributed by atoms with E-state index in [0.717, 1.165) is 19.3 Å². The number of ether oxygens (including phenoxy) is 1. The van der Waals surface area contributed by atoms with Crippen molar-refractivity contribution in [1.29, 1.82) is 0 Å². The summed E-state index contributed by atoms with van der Waals surface area (Å²) in [5.74, 6) is 0.326. The number of aliphatic carboxylic acids is 1. The molecule has 0 aliphatic carbocycles. The molecule has 0 aromatic carbocycles. The fourth-order valence-corrected chi connectivity index (χ4v) is 2.35. The highest BCUT2D eigenvalue weighted by molar-refractivity contribution is 5.77. The van der Waals surface area contributed by atoms with Gasteiger partial charge < -0.3 is 14.7 Å². The number of rotatable bonds is 4. The highest BCUT2D eigenvalue weighted by atomic mass is 16.5. The lowest BCUT2D eigenvalue weighted by Crippen LogP contribution is -2.41. The molecule has 1 saturated heterocycles. The molecule has 0 spiro atoms. The lowest BCUT2D eigenvalue weighted by atomic mass is 10.1. The molecule has 2 heterocycles. The summed E-state index contributed by atoms with van der Waals surface area (Å²) in [6.07, 6.45) is 5.06. The predicted octanol–water partition coefficient (Wildman–Crippen LogP) is 1.71. The Morgan fingerprint density at radius 1 is 1.47 bits per heavy atom. The molecule has 1 N–H and O–H groups in total.